The second kappa shape index (κ2) is 6.95. The molecule has 8 heteroatoms. The van der Waals surface area contributed by atoms with Crippen molar-refractivity contribution in [1.82, 2.24) is 4.90 Å². The number of carbonyl (C=O) groups is 3. The minimum atomic E-state index is -1.05. The molecule has 0 unspecified atom stereocenters. The number of thioether (sulfide) groups is 1. The molecule has 0 aliphatic carbocycles. The third kappa shape index (κ3) is 3.02. The van der Waals surface area contributed by atoms with Crippen LogP contribution in [0.4, 0.5) is 5.69 Å². The average Bonchev–Trinajstić information content (AvgIpc) is 2.91. The summed E-state index contributed by atoms with van der Waals surface area (Å²) in [6, 6.07) is 10.4. The largest absolute Gasteiger partial charge is 0.492 e. The molecule has 2 fully saturated rings. The van der Waals surface area contributed by atoms with Gasteiger partial charge in [-0.1, -0.05) is 30.3 Å². The van der Waals surface area contributed by atoms with Crippen LogP contribution in [-0.2, 0) is 14.4 Å². The van der Waals surface area contributed by atoms with E-state index >= 15 is 0 Å². The molecule has 2 amide bonds. The van der Waals surface area contributed by atoms with Crippen molar-refractivity contribution in [2.45, 2.75) is 36.9 Å². The van der Waals surface area contributed by atoms with Crippen LogP contribution in [0, 0.1) is 5.92 Å². The number of nitrogens with zero attached hydrogens (tertiary/aromatic N) is 1. The van der Waals surface area contributed by atoms with Gasteiger partial charge >= 0.3 is 5.97 Å². The van der Waals surface area contributed by atoms with E-state index in [4.69, 9.17) is 4.74 Å². The smallest absolute Gasteiger partial charge is 0.327 e. The summed E-state index contributed by atoms with van der Waals surface area (Å²) in [5.74, 6) is -2.33. The zero-order valence-electron chi connectivity index (χ0n) is 16.3. The molecular weight excluding hydrogens is 392 g/mol. The number of ether oxygens (including phenoxy) is 1. The zero-order chi connectivity index (χ0) is 20.9. The van der Waals surface area contributed by atoms with E-state index in [1.54, 1.807) is 19.9 Å². The second-order valence-electron chi connectivity index (χ2n) is 7.66. The fourth-order valence-corrected chi connectivity index (χ4v) is 5.79. The number of benzene rings is 2. The first-order valence-electron chi connectivity index (χ1n) is 9.44. The number of carboxylic acid groups (broad SMARTS) is 1. The van der Waals surface area contributed by atoms with Gasteiger partial charge in [-0.3, -0.25) is 9.59 Å². The van der Waals surface area contributed by atoms with Gasteiger partial charge in [-0.2, -0.15) is 0 Å². The Kier molecular flexibility index (Phi) is 4.69. The van der Waals surface area contributed by atoms with Gasteiger partial charge in [-0.05, 0) is 32.2 Å². The first-order valence-corrected chi connectivity index (χ1v) is 10.3. The Morgan fingerprint density at radius 2 is 1.97 bits per heavy atom. The highest BCUT2D eigenvalue weighted by Crippen LogP contribution is 2.53. The highest BCUT2D eigenvalue weighted by molar-refractivity contribution is 8.01. The predicted octanol–water partition coefficient (Wildman–Crippen LogP) is 2.94. The number of amides is 2. The van der Waals surface area contributed by atoms with Gasteiger partial charge in [0.25, 0.3) is 0 Å². The monoisotopic (exact) mass is 414 g/mol. The van der Waals surface area contributed by atoms with Crippen molar-refractivity contribution in [3.05, 3.63) is 36.4 Å². The molecule has 2 aromatic carbocycles. The number of aliphatic carboxylic acids is 1. The number of β-lactam (4-membered cyclic amide) rings is 1. The zero-order valence-corrected chi connectivity index (χ0v) is 17.2. The third-order valence-corrected chi connectivity index (χ3v) is 6.97. The first-order chi connectivity index (χ1) is 13.8. The highest BCUT2D eigenvalue weighted by atomic mass is 32.2. The van der Waals surface area contributed by atoms with Crippen molar-refractivity contribution in [2.24, 2.45) is 5.92 Å². The number of carboxylic acids is 1. The van der Waals surface area contributed by atoms with Crippen molar-refractivity contribution in [3.8, 4) is 5.75 Å². The molecule has 0 radical (unpaired) electrons. The van der Waals surface area contributed by atoms with Gasteiger partial charge in [0.15, 0.2) is 0 Å². The summed E-state index contributed by atoms with van der Waals surface area (Å²) in [6.45, 7) is 5.87. The minimum absolute atomic E-state index is 0.435. The standard InChI is InChI=1S/C21H22N2O5S/c1-4-28-13-10-9-11-7-5-6-8-12(11)15(13)22-17(24)14-18(25)23-16(20(26)27)21(2,3)29-19(14)23/h5-10,14,16,19H,4H2,1-3H3,(H,22,24)(H,26,27)/t14-,16+,19-/m0/s1. The molecule has 0 spiro atoms. The van der Waals surface area contributed by atoms with Crippen LogP contribution in [0.25, 0.3) is 10.8 Å². The Labute approximate surface area is 172 Å². The summed E-state index contributed by atoms with van der Waals surface area (Å²) in [7, 11) is 0. The fourth-order valence-electron chi connectivity index (χ4n) is 4.11. The lowest BCUT2D eigenvalue weighted by molar-refractivity contribution is -0.165. The minimum Gasteiger partial charge on any atom is -0.492 e. The van der Waals surface area contributed by atoms with E-state index in [0.717, 1.165) is 10.8 Å². The van der Waals surface area contributed by atoms with Gasteiger partial charge in [-0.25, -0.2) is 4.79 Å². The molecule has 0 aromatic heterocycles. The molecule has 2 aliphatic rings. The highest BCUT2D eigenvalue weighted by Gasteiger charge is 2.65. The summed E-state index contributed by atoms with van der Waals surface area (Å²) >= 11 is 1.36. The van der Waals surface area contributed by atoms with E-state index in [-0.39, 0.29) is 0 Å². The lowest BCUT2D eigenvalue weighted by atomic mass is 9.91. The molecule has 152 valence electrons. The molecule has 2 N–H and O–H groups in total. The van der Waals surface area contributed by atoms with Crippen molar-refractivity contribution in [1.29, 1.82) is 0 Å². The van der Waals surface area contributed by atoms with Gasteiger partial charge in [0.2, 0.25) is 11.8 Å². The Morgan fingerprint density at radius 3 is 2.66 bits per heavy atom. The number of nitrogens with one attached hydrogen (secondary N) is 1. The number of fused-ring (bicyclic) bond motifs is 2. The lowest BCUT2D eigenvalue weighted by Gasteiger charge is -2.42. The van der Waals surface area contributed by atoms with Crippen LogP contribution in [-0.4, -0.2) is 50.6 Å². The third-order valence-electron chi connectivity index (χ3n) is 5.40. The first kappa shape index (κ1) is 19.6. The van der Waals surface area contributed by atoms with Crippen LogP contribution in [0.15, 0.2) is 36.4 Å². The van der Waals surface area contributed by atoms with Gasteiger partial charge in [0, 0.05) is 10.1 Å². The Hall–Kier alpha value is -2.74. The number of hydrogen-bond acceptors (Lipinski definition) is 5. The van der Waals surface area contributed by atoms with E-state index in [9.17, 15) is 19.5 Å². The molecule has 2 aromatic rings. The average molecular weight is 414 g/mol. The molecule has 2 aliphatic heterocycles. The maximum Gasteiger partial charge on any atom is 0.327 e. The Balaban J connectivity index is 1.64. The van der Waals surface area contributed by atoms with E-state index in [1.807, 2.05) is 37.3 Å². The maximum absolute atomic E-state index is 13.1. The molecular formula is C21H22N2O5S. The molecule has 29 heavy (non-hydrogen) atoms. The van der Waals surface area contributed by atoms with Crippen LogP contribution >= 0.6 is 11.8 Å². The van der Waals surface area contributed by atoms with Crippen LogP contribution in [0.2, 0.25) is 0 Å². The van der Waals surface area contributed by atoms with Crippen LogP contribution < -0.4 is 10.1 Å². The van der Waals surface area contributed by atoms with Crippen LogP contribution in [0.5, 0.6) is 5.75 Å². The normalized spacial score (nSPS) is 24.7. The number of carbonyl (C=O) groups excluding carboxylic acids is 2. The topological polar surface area (TPSA) is 95.9 Å². The SMILES string of the molecule is CCOc1ccc2ccccc2c1NC(=O)[C@H]1C(=O)N2[C@H]1SC(C)(C)[C@H]2C(=O)O. The van der Waals surface area contributed by atoms with E-state index in [1.165, 1.54) is 16.7 Å². The van der Waals surface area contributed by atoms with Crippen molar-refractivity contribution >= 4 is 46.0 Å². The second-order valence-corrected chi connectivity index (χ2v) is 9.43. The van der Waals surface area contributed by atoms with Gasteiger partial charge in [0.1, 0.15) is 17.7 Å². The quantitative estimate of drug-likeness (QED) is 0.577. The van der Waals surface area contributed by atoms with E-state index < -0.39 is 39.9 Å². The maximum atomic E-state index is 13.1. The summed E-state index contributed by atoms with van der Waals surface area (Å²) in [6.07, 6.45) is 0. The number of rotatable bonds is 5. The van der Waals surface area contributed by atoms with Crippen molar-refractivity contribution < 1.29 is 24.2 Å². The molecule has 2 heterocycles. The van der Waals surface area contributed by atoms with Gasteiger partial charge < -0.3 is 20.1 Å². The molecule has 0 bridgehead atoms. The summed E-state index contributed by atoms with van der Waals surface area (Å²) < 4.78 is 5.01. The summed E-state index contributed by atoms with van der Waals surface area (Å²) in [5, 5.41) is 13.7. The van der Waals surface area contributed by atoms with Crippen LogP contribution in [0.3, 0.4) is 0 Å². The lowest BCUT2D eigenvalue weighted by Crippen LogP contribution is -2.65. The van der Waals surface area contributed by atoms with E-state index in [2.05, 4.69) is 5.32 Å². The van der Waals surface area contributed by atoms with Gasteiger partial charge in [0.05, 0.1) is 17.7 Å². The molecule has 7 nitrogen and oxygen atoms in total. The van der Waals surface area contributed by atoms with E-state index in [0.29, 0.717) is 18.0 Å². The number of hydrogen-bond donors (Lipinski definition) is 2. The molecule has 0 saturated carbocycles. The molecule has 4 rings (SSSR count). The Morgan fingerprint density at radius 1 is 1.24 bits per heavy atom. The fraction of sp³-hybridized carbons (Fsp3) is 0.381. The number of anilines is 1. The van der Waals surface area contributed by atoms with Gasteiger partial charge in [-0.15, -0.1) is 11.8 Å². The predicted molar refractivity (Wildman–Crippen MR) is 111 cm³/mol. The van der Waals surface area contributed by atoms with Crippen molar-refractivity contribution in [3.63, 3.8) is 0 Å². The van der Waals surface area contributed by atoms with Crippen LogP contribution in [0.1, 0.15) is 20.8 Å². The Bertz CT molecular complexity index is 1020. The summed E-state index contributed by atoms with van der Waals surface area (Å²) in [4.78, 5) is 38.8. The molecule has 2 saturated heterocycles. The molecule has 3 atom stereocenters. The van der Waals surface area contributed by atoms with Crippen molar-refractivity contribution in [2.75, 3.05) is 11.9 Å². The summed E-state index contributed by atoms with van der Waals surface area (Å²) in [5.41, 5.74) is 0.526.